The topological polar surface area (TPSA) is 29.3 Å². The van der Waals surface area contributed by atoms with Crippen LogP contribution in [0.3, 0.4) is 0 Å². The molecule has 0 spiro atoms. The lowest BCUT2D eigenvalue weighted by Gasteiger charge is -2.27. The lowest BCUT2D eigenvalue weighted by Crippen LogP contribution is -2.28. The maximum atomic E-state index is 5.44. The summed E-state index contributed by atoms with van der Waals surface area (Å²) < 4.78 is 0. The Balaban J connectivity index is 1.92. The van der Waals surface area contributed by atoms with Gasteiger partial charge in [0, 0.05) is 13.1 Å². The molecule has 0 aromatic carbocycles. The Labute approximate surface area is 69.8 Å². The molecule has 2 N–H and O–H groups in total. The van der Waals surface area contributed by atoms with Crippen LogP contribution in [0.1, 0.15) is 25.7 Å². The number of nitrogens with two attached hydrogens (primary N) is 1. The average Bonchev–Trinajstić information content (AvgIpc) is 1.85. The van der Waals surface area contributed by atoms with Gasteiger partial charge < -0.3 is 10.6 Å². The van der Waals surface area contributed by atoms with Crippen molar-refractivity contribution in [3.63, 3.8) is 0 Å². The first-order chi connectivity index (χ1) is 5.33. The third-order valence-corrected chi connectivity index (χ3v) is 2.65. The van der Waals surface area contributed by atoms with Gasteiger partial charge in [-0.15, -0.1) is 0 Å². The molecular weight excluding hydrogens is 136 g/mol. The molecule has 1 fully saturated rings. The van der Waals surface area contributed by atoms with E-state index >= 15 is 0 Å². The van der Waals surface area contributed by atoms with Gasteiger partial charge in [0.25, 0.3) is 0 Å². The fourth-order valence-corrected chi connectivity index (χ4v) is 1.52. The molecule has 1 aliphatic rings. The molecule has 0 atom stereocenters. The lowest BCUT2D eigenvalue weighted by molar-refractivity contribution is 0.242. The summed E-state index contributed by atoms with van der Waals surface area (Å²) in [5.74, 6) is 1.04. The second-order valence-corrected chi connectivity index (χ2v) is 3.68. The van der Waals surface area contributed by atoms with Crippen molar-refractivity contribution in [1.82, 2.24) is 4.90 Å². The molecule has 0 saturated heterocycles. The van der Waals surface area contributed by atoms with E-state index in [0.29, 0.717) is 0 Å². The van der Waals surface area contributed by atoms with Gasteiger partial charge in [-0.2, -0.15) is 0 Å². The van der Waals surface area contributed by atoms with Gasteiger partial charge in [-0.05, 0) is 25.9 Å². The zero-order valence-corrected chi connectivity index (χ0v) is 7.55. The summed E-state index contributed by atoms with van der Waals surface area (Å²) in [5, 5.41) is 0. The van der Waals surface area contributed by atoms with Crippen LogP contribution in [0.15, 0.2) is 0 Å². The molecule has 1 rings (SSSR count). The molecule has 0 bridgehead atoms. The number of likely N-dealkylation sites (N-methyl/N-ethyl adjacent to an activating group) is 1. The summed E-state index contributed by atoms with van der Waals surface area (Å²) >= 11 is 0. The average molecular weight is 156 g/mol. The van der Waals surface area contributed by atoms with Crippen molar-refractivity contribution < 1.29 is 0 Å². The predicted molar refractivity (Wildman–Crippen MR) is 48.5 cm³/mol. The maximum Gasteiger partial charge on any atom is 0.0102 e. The summed E-state index contributed by atoms with van der Waals surface area (Å²) in [6.07, 6.45) is 5.79. The van der Waals surface area contributed by atoms with Crippen LogP contribution in [-0.4, -0.2) is 31.6 Å². The van der Waals surface area contributed by atoms with Crippen LogP contribution in [0.25, 0.3) is 0 Å². The molecule has 0 heterocycles. The molecule has 1 saturated carbocycles. The summed E-state index contributed by atoms with van der Waals surface area (Å²) in [4.78, 5) is 2.33. The summed E-state index contributed by atoms with van der Waals surface area (Å²) in [7, 11) is 2.16. The zero-order valence-electron chi connectivity index (χ0n) is 7.55. The van der Waals surface area contributed by atoms with Crippen molar-refractivity contribution in [3.8, 4) is 0 Å². The highest BCUT2D eigenvalue weighted by Crippen LogP contribution is 2.29. The van der Waals surface area contributed by atoms with Crippen molar-refractivity contribution in [3.05, 3.63) is 0 Å². The van der Waals surface area contributed by atoms with E-state index in [9.17, 15) is 0 Å². The first-order valence-electron chi connectivity index (χ1n) is 4.71. The molecule has 0 aromatic heterocycles. The van der Waals surface area contributed by atoms with Crippen LogP contribution < -0.4 is 5.73 Å². The van der Waals surface area contributed by atoms with Gasteiger partial charge in [0.2, 0.25) is 0 Å². The van der Waals surface area contributed by atoms with Gasteiger partial charge in [0.1, 0.15) is 0 Å². The minimum atomic E-state index is 0.793. The summed E-state index contributed by atoms with van der Waals surface area (Å²) in [6.45, 7) is 3.08. The molecule has 1 aliphatic carbocycles. The minimum absolute atomic E-state index is 0.793. The smallest absolute Gasteiger partial charge is 0.0102 e. The van der Waals surface area contributed by atoms with Crippen LogP contribution in [0, 0.1) is 5.92 Å². The summed E-state index contributed by atoms with van der Waals surface area (Å²) in [5.41, 5.74) is 5.44. The number of hydrogen-bond acceptors (Lipinski definition) is 2. The molecule has 66 valence electrons. The monoisotopic (exact) mass is 156 g/mol. The van der Waals surface area contributed by atoms with Crippen LogP contribution in [0.4, 0.5) is 0 Å². The van der Waals surface area contributed by atoms with E-state index < -0.39 is 0 Å². The van der Waals surface area contributed by atoms with Crippen molar-refractivity contribution in [2.75, 3.05) is 26.7 Å². The third-order valence-electron chi connectivity index (χ3n) is 2.65. The van der Waals surface area contributed by atoms with E-state index in [1.54, 1.807) is 0 Å². The minimum Gasteiger partial charge on any atom is -0.329 e. The normalized spacial score (nSPS) is 18.8. The van der Waals surface area contributed by atoms with Crippen molar-refractivity contribution in [1.29, 1.82) is 0 Å². The van der Waals surface area contributed by atoms with Crippen LogP contribution >= 0.6 is 0 Å². The zero-order chi connectivity index (χ0) is 8.10. The molecule has 2 nitrogen and oxygen atoms in total. The Hall–Kier alpha value is -0.0800. The number of nitrogens with zero attached hydrogens (tertiary/aromatic N) is 1. The van der Waals surface area contributed by atoms with Gasteiger partial charge in [-0.1, -0.05) is 19.3 Å². The highest BCUT2D eigenvalue weighted by molar-refractivity contribution is 4.70. The molecule has 2 heteroatoms. The van der Waals surface area contributed by atoms with E-state index in [2.05, 4.69) is 11.9 Å². The Morgan fingerprint density at radius 2 is 2.09 bits per heavy atom. The van der Waals surface area contributed by atoms with E-state index in [4.69, 9.17) is 5.73 Å². The molecular formula is C9H20N2. The Morgan fingerprint density at radius 3 is 2.55 bits per heavy atom. The Morgan fingerprint density at radius 1 is 1.36 bits per heavy atom. The lowest BCUT2D eigenvalue weighted by atomic mass is 9.83. The Bertz CT molecular complexity index is 99.7. The molecule has 11 heavy (non-hydrogen) atoms. The standard InChI is InChI=1S/C9H20N2/c1-11(8-6-10)7-5-9-3-2-4-9/h9H,2-8,10H2,1H3. The molecule has 0 aromatic rings. The quantitative estimate of drug-likeness (QED) is 0.645. The van der Waals surface area contributed by atoms with Gasteiger partial charge >= 0.3 is 0 Å². The van der Waals surface area contributed by atoms with E-state index in [-0.39, 0.29) is 0 Å². The fraction of sp³-hybridized carbons (Fsp3) is 1.00. The molecule has 0 unspecified atom stereocenters. The molecule has 0 amide bonds. The molecule has 0 aliphatic heterocycles. The van der Waals surface area contributed by atoms with E-state index in [1.807, 2.05) is 0 Å². The second-order valence-electron chi connectivity index (χ2n) is 3.68. The predicted octanol–water partition coefficient (Wildman–Crippen LogP) is 1.07. The van der Waals surface area contributed by atoms with E-state index in [0.717, 1.165) is 19.0 Å². The first kappa shape index (κ1) is 9.01. The molecule has 0 radical (unpaired) electrons. The highest BCUT2D eigenvalue weighted by Gasteiger charge is 2.16. The maximum absolute atomic E-state index is 5.44. The Kier molecular flexibility index (Phi) is 3.87. The SMILES string of the molecule is CN(CCN)CCC1CCC1. The summed E-state index contributed by atoms with van der Waals surface area (Å²) in [6, 6.07) is 0. The van der Waals surface area contributed by atoms with E-state index in [1.165, 1.54) is 32.2 Å². The van der Waals surface area contributed by atoms with Gasteiger partial charge in [0.05, 0.1) is 0 Å². The van der Waals surface area contributed by atoms with Crippen molar-refractivity contribution in [2.45, 2.75) is 25.7 Å². The van der Waals surface area contributed by atoms with Crippen LogP contribution in [0.5, 0.6) is 0 Å². The number of rotatable bonds is 5. The van der Waals surface area contributed by atoms with Gasteiger partial charge in [-0.3, -0.25) is 0 Å². The van der Waals surface area contributed by atoms with Crippen LogP contribution in [-0.2, 0) is 0 Å². The first-order valence-corrected chi connectivity index (χ1v) is 4.71. The van der Waals surface area contributed by atoms with Crippen molar-refractivity contribution in [2.24, 2.45) is 11.7 Å². The van der Waals surface area contributed by atoms with Crippen LogP contribution in [0.2, 0.25) is 0 Å². The third kappa shape index (κ3) is 3.21. The number of hydrogen-bond donors (Lipinski definition) is 1. The van der Waals surface area contributed by atoms with Gasteiger partial charge in [0.15, 0.2) is 0 Å². The van der Waals surface area contributed by atoms with Gasteiger partial charge in [-0.25, -0.2) is 0 Å². The van der Waals surface area contributed by atoms with Crippen molar-refractivity contribution >= 4 is 0 Å². The second kappa shape index (κ2) is 4.73. The highest BCUT2D eigenvalue weighted by atomic mass is 15.1. The fourth-order valence-electron chi connectivity index (χ4n) is 1.52. The largest absolute Gasteiger partial charge is 0.329 e.